The molecule has 1 N–H and O–H groups in total. The van der Waals surface area contributed by atoms with Crippen LogP contribution in [0.2, 0.25) is 0 Å². The monoisotopic (exact) mass is 345 g/mol. The molecule has 0 fully saturated rings. The molecule has 0 aliphatic rings. The van der Waals surface area contributed by atoms with E-state index >= 15 is 0 Å². The van der Waals surface area contributed by atoms with Crippen LogP contribution in [-0.4, -0.2) is 21.6 Å². The number of fused-ring (bicyclic) bond motifs is 1. The van der Waals surface area contributed by atoms with Gasteiger partial charge in [-0.15, -0.1) is 0 Å². The maximum Gasteiger partial charge on any atom is 0.240 e. The molecule has 0 saturated heterocycles. The first-order chi connectivity index (χ1) is 11.6. The second-order valence-corrected chi connectivity index (χ2v) is 7.08. The lowest BCUT2D eigenvalue weighted by Gasteiger charge is -2.08. The van der Waals surface area contributed by atoms with Crippen LogP contribution < -0.4 is 9.46 Å². The fourth-order valence-electron chi connectivity index (χ4n) is 2.51. The zero-order valence-corrected chi connectivity index (χ0v) is 14.2. The number of hydrogen-bond acceptors (Lipinski definition) is 4. The summed E-state index contributed by atoms with van der Waals surface area (Å²) in [5.41, 5.74) is 1.79. The van der Waals surface area contributed by atoms with Gasteiger partial charge in [-0.25, -0.2) is 13.1 Å². The third-order valence-corrected chi connectivity index (χ3v) is 5.17. The number of hydrogen-bond donors (Lipinski definition) is 1. The Morgan fingerprint density at radius 3 is 2.58 bits per heavy atom. The van der Waals surface area contributed by atoms with Gasteiger partial charge in [-0.05, 0) is 49.2 Å². The minimum Gasteiger partial charge on any atom is -0.494 e. The first kappa shape index (κ1) is 16.5. The maximum atomic E-state index is 12.3. The van der Waals surface area contributed by atoms with Crippen molar-refractivity contribution in [2.24, 2.45) is 0 Å². The van der Waals surface area contributed by atoms with Crippen LogP contribution in [0.4, 0.5) is 0 Å². The minimum absolute atomic E-state index is 0.225. The summed E-state index contributed by atoms with van der Waals surface area (Å²) in [7, 11) is -3.53. The van der Waals surface area contributed by atoms with Gasteiger partial charge < -0.3 is 9.15 Å². The van der Waals surface area contributed by atoms with Crippen LogP contribution in [0, 0.1) is 0 Å². The Hall–Kier alpha value is -2.31. The van der Waals surface area contributed by atoms with Crippen molar-refractivity contribution in [2.75, 3.05) is 13.2 Å². The van der Waals surface area contributed by atoms with Crippen molar-refractivity contribution in [1.29, 1.82) is 0 Å². The van der Waals surface area contributed by atoms with Crippen molar-refractivity contribution in [1.82, 2.24) is 4.72 Å². The zero-order valence-electron chi connectivity index (χ0n) is 13.4. The van der Waals surface area contributed by atoms with Crippen LogP contribution in [0.1, 0.15) is 12.5 Å². The summed E-state index contributed by atoms with van der Waals surface area (Å²) in [5.74, 6) is 0.654. The number of nitrogens with one attached hydrogen (secondary N) is 1. The predicted molar refractivity (Wildman–Crippen MR) is 92.7 cm³/mol. The van der Waals surface area contributed by atoms with E-state index in [0.717, 1.165) is 16.5 Å². The Morgan fingerprint density at radius 2 is 1.83 bits per heavy atom. The molecule has 6 heteroatoms. The van der Waals surface area contributed by atoms with Gasteiger partial charge in [0, 0.05) is 11.9 Å². The lowest BCUT2D eigenvalue weighted by atomic mass is 10.1. The third kappa shape index (κ3) is 3.60. The Kier molecular flexibility index (Phi) is 4.87. The summed E-state index contributed by atoms with van der Waals surface area (Å²) in [6.07, 6.45) is 2.24. The SMILES string of the molecule is CCOc1ccc(S(=O)(=O)NCCc2coc3ccccc23)cc1. The molecule has 0 spiro atoms. The predicted octanol–water partition coefficient (Wildman–Crippen LogP) is 3.35. The van der Waals surface area contributed by atoms with E-state index in [0.29, 0.717) is 25.3 Å². The molecule has 0 bridgehead atoms. The van der Waals surface area contributed by atoms with Crippen LogP contribution in [0.25, 0.3) is 11.0 Å². The van der Waals surface area contributed by atoms with Crippen molar-refractivity contribution in [2.45, 2.75) is 18.2 Å². The summed E-state index contributed by atoms with van der Waals surface area (Å²) < 4.78 is 38.0. The van der Waals surface area contributed by atoms with Gasteiger partial charge in [0.1, 0.15) is 11.3 Å². The van der Waals surface area contributed by atoms with E-state index in [4.69, 9.17) is 9.15 Å². The van der Waals surface area contributed by atoms with Crippen LogP contribution in [0.3, 0.4) is 0 Å². The van der Waals surface area contributed by atoms with E-state index in [1.807, 2.05) is 31.2 Å². The van der Waals surface area contributed by atoms with E-state index < -0.39 is 10.0 Å². The Morgan fingerprint density at radius 1 is 1.08 bits per heavy atom. The second-order valence-electron chi connectivity index (χ2n) is 5.31. The zero-order chi connectivity index (χ0) is 17.0. The average molecular weight is 345 g/mol. The van der Waals surface area contributed by atoms with E-state index in [-0.39, 0.29) is 4.90 Å². The van der Waals surface area contributed by atoms with E-state index in [1.54, 1.807) is 30.5 Å². The first-order valence-corrected chi connectivity index (χ1v) is 9.26. The van der Waals surface area contributed by atoms with Crippen molar-refractivity contribution in [3.8, 4) is 5.75 Å². The fourth-order valence-corrected chi connectivity index (χ4v) is 3.54. The Labute approximate surface area is 141 Å². The number of benzene rings is 2. The van der Waals surface area contributed by atoms with Gasteiger partial charge in [0.2, 0.25) is 10.0 Å². The molecule has 3 aromatic rings. The van der Waals surface area contributed by atoms with Gasteiger partial charge in [-0.2, -0.15) is 0 Å². The molecule has 5 nitrogen and oxygen atoms in total. The largest absolute Gasteiger partial charge is 0.494 e. The highest BCUT2D eigenvalue weighted by molar-refractivity contribution is 7.89. The lowest BCUT2D eigenvalue weighted by Crippen LogP contribution is -2.25. The highest BCUT2D eigenvalue weighted by atomic mass is 32.2. The Bertz CT molecular complexity index is 914. The van der Waals surface area contributed by atoms with Gasteiger partial charge in [0.25, 0.3) is 0 Å². The third-order valence-electron chi connectivity index (χ3n) is 3.69. The molecule has 0 radical (unpaired) electrons. The van der Waals surface area contributed by atoms with E-state index in [2.05, 4.69) is 4.72 Å². The second kappa shape index (κ2) is 7.07. The molecule has 0 atom stereocenters. The standard InChI is InChI=1S/C18H19NO4S/c1-2-22-15-7-9-16(10-8-15)24(20,21)19-12-11-14-13-23-18-6-4-3-5-17(14)18/h3-10,13,19H,2,11-12H2,1H3. The number of sulfonamides is 1. The lowest BCUT2D eigenvalue weighted by molar-refractivity contribution is 0.340. The van der Waals surface area contributed by atoms with Crippen molar-refractivity contribution >= 4 is 21.0 Å². The maximum absolute atomic E-state index is 12.3. The smallest absolute Gasteiger partial charge is 0.240 e. The van der Waals surface area contributed by atoms with Crippen LogP contribution in [0.15, 0.2) is 64.1 Å². The molecule has 1 heterocycles. The Balaban J connectivity index is 1.64. The summed E-state index contributed by atoms with van der Waals surface area (Å²) in [6, 6.07) is 14.1. The molecule has 0 amide bonds. The van der Waals surface area contributed by atoms with Gasteiger partial charge in [-0.3, -0.25) is 0 Å². The molecule has 1 aromatic heterocycles. The number of ether oxygens (including phenoxy) is 1. The summed E-state index contributed by atoms with van der Waals surface area (Å²) in [6.45, 7) is 2.73. The van der Waals surface area contributed by atoms with E-state index in [9.17, 15) is 8.42 Å². The quantitative estimate of drug-likeness (QED) is 0.713. The highest BCUT2D eigenvalue weighted by Crippen LogP contribution is 2.21. The fraction of sp³-hybridized carbons (Fsp3) is 0.222. The molecule has 0 saturated carbocycles. The summed E-state index contributed by atoms with van der Waals surface area (Å²) >= 11 is 0. The van der Waals surface area contributed by atoms with Crippen LogP contribution in [-0.2, 0) is 16.4 Å². The molecular weight excluding hydrogens is 326 g/mol. The normalized spacial score (nSPS) is 11.7. The summed E-state index contributed by atoms with van der Waals surface area (Å²) in [5, 5.41) is 1.01. The topological polar surface area (TPSA) is 68.5 Å². The number of rotatable bonds is 7. The van der Waals surface area contributed by atoms with Crippen molar-refractivity contribution in [3.05, 3.63) is 60.4 Å². The van der Waals surface area contributed by atoms with Crippen molar-refractivity contribution < 1.29 is 17.6 Å². The van der Waals surface area contributed by atoms with Gasteiger partial charge in [-0.1, -0.05) is 18.2 Å². The summed E-state index contributed by atoms with van der Waals surface area (Å²) in [4.78, 5) is 0.225. The van der Waals surface area contributed by atoms with Gasteiger partial charge in [0.15, 0.2) is 0 Å². The molecule has 0 aliphatic carbocycles. The number of para-hydroxylation sites is 1. The van der Waals surface area contributed by atoms with E-state index in [1.165, 1.54) is 0 Å². The molecule has 126 valence electrons. The molecule has 24 heavy (non-hydrogen) atoms. The number of furan rings is 1. The van der Waals surface area contributed by atoms with Crippen molar-refractivity contribution in [3.63, 3.8) is 0 Å². The molecule has 0 unspecified atom stereocenters. The minimum atomic E-state index is -3.53. The van der Waals surface area contributed by atoms with Gasteiger partial charge >= 0.3 is 0 Å². The average Bonchev–Trinajstić information content (AvgIpc) is 2.99. The first-order valence-electron chi connectivity index (χ1n) is 7.78. The molecule has 3 rings (SSSR count). The highest BCUT2D eigenvalue weighted by Gasteiger charge is 2.14. The van der Waals surface area contributed by atoms with Crippen LogP contribution in [0.5, 0.6) is 5.75 Å². The van der Waals surface area contributed by atoms with Gasteiger partial charge in [0.05, 0.1) is 17.8 Å². The molecule has 0 aliphatic heterocycles. The van der Waals surface area contributed by atoms with Crippen LogP contribution >= 0.6 is 0 Å². The molecule has 2 aromatic carbocycles. The molecular formula is C18H19NO4S.